The Labute approximate surface area is 84.3 Å². The van der Waals surface area contributed by atoms with Gasteiger partial charge in [-0.15, -0.1) is 0 Å². The zero-order valence-corrected chi connectivity index (χ0v) is 9.03. The van der Waals surface area contributed by atoms with E-state index in [1.807, 2.05) is 20.9 Å². The monoisotopic (exact) mass is 198 g/mol. The quantitative estimate of drug-likeness (QED) is 0.749. The van der Waals surface area contributed by atoms with Crippen molar-refractivity contribution in [1.82, 2.24) is 15.0 Å². The number of rotatable bonds is 5. The molecule has 0 aliphatic rings. The molecule has 5 nitrogen and oxygen atoms in total. The van der Waals surface area contributed by atoms with Crippen LogP contribution in [0.5, 0.6) is 0 Å². The summed E-state index contributed by atoms with van der Waals surface area (Å²) in [6.45, 7) is 6.22. The van der Waals surface area contributed by atoms with Crippen LogP contribution in [0.1, 0.15) is 31.5 Å². The lowest BCUT2D eigenvalue weighted by Gasteiger charge is -2.11. The van der Waals surface area contributed by atoms with Gasteiger partial charge in [-0.05, 0) is 7.05 Å². The molecule has 0 radical (unpaired) electrons. The third-order valence-corrected chi connectivity index (χ3v) is 1.92. The van der Waals surface area contributed by atoms with E-state index in [4.69, 9.17) is 10.3 Å². The molecule has 0 saturated heterocycles. The molecule has 0 spiro atoms. The zero-order valence-electron chi connectivity index (χ0n) is 9.03. The molecule has 5 heteroatoms. The molecular weight excluding hydrogens is 180 g/mol. The van der Waals surface area contributed by atoms with Crippen LogP contribution in [0, 0.1) is 0 Å². The van der Waals surface area contributed by atoms with E-state index >= 15 is 0 Å². The third kappa shape index (κ3) is 3.08. The highest BCUT2D eigenvalue weighted by molar-refractivity contribution is 4.91. The minimum atomic E-state index is 0.312. The van der Waals surface area contributed by atoms with E-state index in [0.717, 1.165) is 12.4 Å². The van der Waals surface area contributed by atoms with Crippen molar-refractivity contribution >= 4 is 0 Å². The molecule has 0 aliphatic carbocycles. The van der Waals surface area contributed by atoms with Gasteiger partial charge in [-0.25, -0.2) is 0 Å². The first kappa shape index (κ1) is 11.1. The maximum absolute atomic E-state index is 5.43. The van der Waals surface area contributed by atoms with Gasteiger partial charge in [0.2, 0.25) is 5.89 Å². The van der Waals surface area contributed by atoms with Crippen molar-refractivity contribution in [2.75, 3.05) is 20.1 Å². The highest BCUT2D eigenvalue weighted by atomic mass is 16.5. The van der Waals surface area contributed by atoms with Gasteiger partial charge in [0.25, 0.3) is 0 Å². The first-order valence-corrected chi connectivity index (χ1v) is 4.84. The molecular formula is C9H18N4O. The molecule has 0 atom stereocenters. The molecule has 0 bridgehead atoms. The second-order valence-corrected chi connectivity index (χ2v) is 3.73. The van der Waals surface area contributed by atoms with Crippen LogP contribution in [0.3, 0.4) is 0 Å². The fourth-order valence-electron chi connectivity index (χ4n) is 1.10. The molecule has 0 saturated carbocycles. The Bertz CT molecular complexity index is 272. The number of aromatic nitrogens is 2. The van der Waals surface area contributed by atoms with Crippen molar-refractivity contribution in [2.45, 2.75) is 26.3 Å². The van der Waals surface area contributed by atoms with Crippen LogP contribution in [-0.2, 0) is 6.54 Å². The second-order valence-electron chi connectivity index (χ2n) is 3.73. The van der Waals surface area contributed by atoms with Crippen molar-refractivity contribution in [3.05, 3.63) is 11.7 Å². The standard InChI is InChI=1S/C9H18N4O/c1-7(2)9-11-8(14-12-9)6-13(3)5-4-10/h7H,4-6,10H2,1-3H3. The van der Waals surface area contributed by atoms with Crippen molar-refractivity contribution in [2.24, 2.45) is 5.73 Å². The average Bonchev–Trinajstić information content (AvgIpc) is 2.53. The van der Waals surface area contributed by atoms with Crippen molar-refractivity contribution in [1.29, 1.82) is 0 Å². The summed E-state index contributed by atoms with van der Waals surface area (Å²) < 4.78 is 5.10. The molecule has 2 N–H and O–H groups in total. The van der Waals surface area contributed by atoms with E-state index in [0.29, 0.717) is 24.9 Å². The Kier molecular flexibility index (Phi) is 4.03. The van der Waals surface area contributed by atoms with Gasteiger partial charge in [0, 0.05) is 19.0 Å². The third-order valence-electron chi connectivity index (χ3n) is 1.92. The van der Waals surface area contributed by atoms with Gasteiger partial charge in [0.15, 0.2) is 5.82 Å². The van der Waals surface area contributed by atoms with E-state index in [1.54, 1.807) is 0 Å². The number of likely N-dealkylation sites (N-methyl/N-ethyl adjacent to an activating group) is 1. The highest BCUT2D eigenvalue weighted by Gasteiger charge is 2.10. The number of nitrogens with two attached hydrogens (primary N) is 1. The molecule has 0 aliphatic heterocycles. The van der Waals surface area contributed by atoms with Crippen LogP contribution in [0.25, 0.3) is 0 Å². The van der Waals surface area contributed by atoms with Gasteiger partial charge in [-0.1, -0.05) is 19.0 Å². The summed E-state index contributed by atoms with van der Waals surface area (Å²) in [7, 11) is 1.98. The van der Waals surface area contributed by atoms with Gasteiger partial charge in [-0.2, -0.15) is 4.98 Å². The molecule has 0 fully saturated rings. The molecule has 14 heavy (non-hydrogen) atoms. The zero-order chi connectivity index (χ0) is 10.6. The maximum Gasteiger partial charge on any atom is 0.240 e. The van der Waals surface area contributed by atoms with Crippen molar-refractivity contribution in [3.8, 4) is 0 Å². The summed E-state index contributed by atoms with van der Waals surface area (Å²) in [6, 6.07) is 0. The molecule has 1 aromatic rings. The summed E-state index contributed by atoms with van der Waals surface area (Å²) in [5, 5.41) is 3.88. The smallest absolute Gasteiger partial charge is 0.240 e. The Morgan fingerprint density at radius 2 is 2.21 bits per heavy atom. The van der Waals surface area contributed by atoms with Crippen LogP contribution in [0.4, 0.5) is 0 Å². The predicted molar refractivity (Wildman–Crippen MR) is 53.8 cm³/mol. The summed E-state index contributed by atoms with van der Waals surface area (Å²) >= 11 is 0. The lowest BCUT2D eigenvalue weighted by molar-refractivity contribution is 0.271. The van der Waals surface area contributed by atoms with Gasteiger partial charge < -0.3 is 10.3 Å². The molecule has 0 unspecified atom stereocenters. The van der Waals surface area contributed by atoms with E-state index in [9.17, 15) is 0 Å². The topological polar surface area (TPSA) is 68.2 Å². The van der Waals surface area contributed by atoms with Crippen molar-refractivity contribution in [3.63, 3.8) is 0 Å². The van der Waals surface area contributed by atoms with Crippen LogP contribution in [-0.4, -0.2) is 35.2 Å². The lowest BCUT2D eigenvalue weighted by Crippen LogP contribution is -2.25. The second kappa shape index (κ2) is 5.07. The SMILES string of the molecule is CC(C)c1noc(CN(C)CCN)n1. The van der Waals surface area contributed by atoms with Crippen LogP contribution >= 0.6 is 0 Å². The van der Waals surface area contributed by atoms with E-state index in [2.05, 4.69) is 15.0 Å². The van der Waals surface area contributed by atoms with E-state index < -0.39 is 0 Å². The summed E-state index contributed by atoms with van der Waals surface area (Å²) in [5.74, 6) is 1.73. The molecule has 0 amide bonds. The first-order valence-electron chi connectivity index (χ1n) is 4.84. The average molecular weight is 198 g/mol. The van der Waals surface area contributed by atoms with Gasteiger partial charge in [0.1, 0.15) is 0 Å². The number of hydrogen-bond donors (Lipinski definition) is 1. The highest BCUT2D eigenvalue weighted by Crippen LogP contribution is 2.10. The summed E-state index contributed by atoms with van der Waals surface area (Å²) in [5.41, 5.74) is 5.43. The maximum atomic E-state index is 5.43. The summed E-state index contributed by atoms with van der Waals surface area (Å²) in [6.07, 6.45) is 0. The van der Waals surface area contributed by atoms with E-state index in [1.165, 1.54) is 0 Å². The normalized spacial score (nSPS) is 11.6. The fraction of sp³-hybridized carbons (Fsp3) is 0.778. The van der Waals surface area contributed by atoms with Crippen LogP contribution in [0.15, 0.2) is 4.52 Å². The van der Waals surface area contributed by atoms with Crippen LogP contribution in [0.2, 0.25) is 0 Å². The minimum Gasteiger partial charge on any atom is -0.338 e. The molecule has 1 aromatic heterocycles. The predicted octanol–water partition coefficient (Wildman–Crippen LogP) is 0.584. The Hall–Kier alpha value is -0.940. The van der Waals surface area contributed by atoms with Crippen LogP contribution < -0.4 is 5.73 Å². The Morgan fingerprint density at radius 3 is 2.71 bits per heavy atom. The Morgan fingerprint density at radius 1 is 1.50 bits per heavy atom. The molecule has 1 rings (SSSR count). The Balaban J connectivity index is 2.51. The lowest BCUT2D eigenvalue weighted by atomic mass is 10.2. The van der Waals surface area contributed by atoms with Gasteiger partial charge in [-0.3, -0.25) is 4.90 Å². The number of hydrogen-bond acceptors (Lipinski definition) is 5. The summed E-state index contributed by atoms with van der Waals surface area (Å²) in [4.78, 5) is 6.32. The van der Waals surface area contributed by atoms with Gasteiger partial charge >= 0.3 is 0 Å². The molecule has 80 valence electrons. The minimum absolute atomic E-state index is 0.312. The molecule has 1 heterocycles. The largest absolute Gasteiger partial charge is 0.338 e. The number of nitrogens with zero attached hydrogens (tertiary/aromatic N) is 3. The van der Waals surface area contributed by atoms with E-state index in [-0.39, 0.29) is 0 Å². The first-order chi connectivity index (χ1) is 6.63. The fourth-order valence-corrected chi connectivity index (χ4v) is 1.10. The van der Waals surface area contributed by atoms with Crippen molar-refractivity contribution < 1.29 is 4.52 Å². The van der Waals surface area contributed by atoms with Gasteiger partial charge in [0.05, 0.1) is 6.54 Å². The molecule has 0 aromatic carbocycles.